The van der Waals surface area contributed by atoms with E-state index >= 15 is 0 Å². The van der Waals surface area contributed by atoms with Crippen molar-refractivity contribution in [3.8, 4) is 0 Å². The van der Waals surface area contributed by atoms with Gasteiger partial charge in [-0.1, -0.05) is 30.3 Å². The lowest BCUT2D eigenvalue weighted by molar-refractivity contribution is -0.320. The molecule has 1 unspecified atom stereocenters. The highest BCUT2D eigenvalue weighted by molar-refractivity contribution is 6.12. The van der Waals surface area contributed by atoms with Gasteiger partial charge in [-0.05, 0) is 12.5 Å². The molecule has 0 aliphatic carbocycles. The summed E-state index contributed by atoms with van der Waals surface area (Å²) in [4.78, 5) is 0. The molecule has 0 heterocycles. The molecule has 4 heteroatoms. The van der Waals surface area contributed by atoms with E-state index in [1.807, 2.05) is 37.3 Å². The Kier molecular flexibility index (Phi) is 4.47. The normalized spacial score (nSPS) is 14.1. The predicted molar refractivity (Wildman–Crippen MR) is 62.6 cm³/mol. The van der Waals surface area contributed by atoms with Gasteiger partial charge in [0.15, 0.2) is 0 Å². The zero-order valence-electron chi connectivity index (χ0n) is 9.69. The topological polar surface area (TPSA) is 27.7 Å². The van der Waals surface area contributed by atoms with Crippen LogP contribution in [0.2, 0.25) is 0 Å². The second-order valence-corrected chi connectivity index (χ2v) is 4.67. The minimum Gasteiger partial charge on any atom is -0.336 e. The van der Waals surface area contributed by atoms with E-state index in [-0.39, 0.29) is 6.10 Å². The highest BCUT2D eigenvalue weighted by Gasteiger charge is 2.26. The van der Waals surface area contributed by atoms with Gasteiger partial charge in [0, 0.05) is 14.2 Å². The van der Waals surface area contributed by atoms with Gasteiger partial charge in [-0.15, -0.1) is 0 Å². The Morgan fingerprint density at radius 1 is 1.13 bits per heavy atom. The number of methoxy groups -OCH3 is 2. The number of hydrogen-bond donors (Lipinski definition) is 0. The lowest BCUT2D eigenvalue weighted by atomic mass is 10.1. The minimum atomic E-state index is -0.852. The fourth-order valence-corrected chi connectivity index (χ4v) is 1.65. The Bertz CT molecular complexity index is 285. The van der Waals surface area contributed by atoms with E-state index in [2.05, 4.69) is 0 Å². The summed E-state index contributed by atoms with van der Waals surface area (Å²) in [5, 5.41) is 0. The first-order valence-electron chi connectivity index (χ1n) is 4.94. The highest BCUT2D eigenvalue weighted by atomic mass is 28.1. The van der Waals surface area contributed by atoms with Crippen molar-refractivity contribution in [3.05, 3.63) is 35.9 Å². The van der Waals surface area contributed by atoms with Crippen molar-refractivity contribution in [2.45, 2.75) is 18.6 Å². The van der Waals surface area contributed by atoms with Crippen LogP contribution in [-0.4, -0.2) is 30.1 Å². The van der Waals surface area contributed by atoms with Crippen LogP contribution in [0.1, 0.15) is 18.6 Å². The summed E-state index contributed by atoms with van der Waals surface area (Å²) in [5.41, 5.74) is 0.266. The number of hydrogen-bond acceptors (Lipinski definition) is 3. The van der Waals surface area contributed by atoms with Gasteiger partial charge in [0.25, 0.3) is 0 Å². The van der Waals surface area contributed by atoms with E-state index in [0.717, 1.165) is 5.56 Å². The molecule has 0 amide bonds. The standard InChI is InChI=1S/C11H18O3Si/c1-9(10-7-5-4-6-8-10)14-11(15,12-2)13-3/h4-9H,1-3,15H3. The van der Waals surface area contributed by atoms with Crippen LogP contribution in [0.15, 0.2) is 30.3 Å². The Morgan fingerprint density at radius 2 is 1.67 bits per heavy atom. The van der Waals surface area contributed by atoms with E-state index < -0.39 is 5.60 Å². The zero-order chi connectivity index (χ0) is 11.3. The van der Waals surface area contributed by atoms with Gasteiger partial charge in [0.1, 0.15) is 10.2 Å². The molecule has 3 nitrogen and oxygen atoms in total. The molecule has 0 spiro atoms. The SMILES string of the molecule is COC([SiH3])(OC)OC(C)c1ccccc1. The van der Waals surface area contributed by atoms with Crippen LogP contribution >= 0.6 is 0 Å². The molecule has 0 aliphatic rings. The van der Waals surface area contributed by atoms with Crippen LogP contribution in [-0.2, 0) is 14.2 Å². The third-order valence-corrected chi connectivity index (χ3v) is 3.45. The summed E-state index contributed by atoms with van der Waals surface area (Å²) >= 11 is 0. The molecule has 1 aromatic rings. The quantitative estimate of drug-likeness (QED) is 0.554. The van der Waals surface area contributed by atoms with Gasteiger partial charge in [-0.2, -0.15) is 0 Å². The summed E-state index contributed by atoms with van der Waals surface area (Å²) < 4.78 is 16.1. The second kappa shape index (κ2) is 5.41. The molecular formula is C11H18O3Si. The average molecular weight is 226 g/mol. The van der Waals surface area contributed by atoms with Crippen molar-refractivity contribution in [2.24, 2.45) is 0 Å². The first kappa shape index (κ1) is 12.4. The maximum Gasteiger partial charge on any atom is 0.245 e. The van der Waals surface area contributed by atoms with Gasteiger partial charge >= 0.3 is 0 Å². The molecule has 0 fully saturated rings. The Balaban J connectivity index is 2.67. The smallest absolute Gasteiger partial charge is 0.245 e. The maximum atomic E-state index is 5.74. The van der Waals surface area contributed by atoms with Crippen LogP contribution in [0.25, 0.3) is 0 Å². The van der Waals surface area contributed by atoms with E-state index in [1.54, 1.807) is 14.2 Å². The van der Waals surface area contributed by atoms with Crippen molar-refractivity contribution in [3.63, 3.8) is 0 Å². The maximum absolute atomic E-state index is 5.74. The van der Waals surface area contributed by atoms with Crippen LogP contribution in [0, 0.1) is 0 Å². The van der Waals surface area contributed by atoms with E-state index in [1.165, 1.54) is 0 Å². The van der Waals surface area contributed by atoms with Crippen molar-refractivity contribution >= 4 is 10.2 Å². The Hall–Kier alpha value is -0.683. The molecule has 1 aromatic carbocycles. The number of benzene rings is 1. The Labute approximate surface area is 93.8 Å². The van der Waals surface area contributed by atoms with Gasteiger partial charge in [0.05, 0.1) is 6.10 Å². The molecule has 0 aromatic heterocycles. The third-order valence-electron chi connectivity index (χ3n) is 2.40. The van der Waals surface area contributed by atoms with Gasteiger partial charge in [0.2, 0.25) is 5.60 Å². The van der Waals surface area contributed by atoms with E-state index in [9.17, 15) is 0 Å². The molecule has 1 atom stereocenters. The molecule has 84 valence electrons. The van der Waals surface area contributed by atoms with Gasteiger partial charge in [-0.25, -0.2) is 0 Å². The molecule has 1 rings (SSSR count). The highest BCUT2D eigenvalue weighted by Crippen LogP contribution is 2.22. The van der Waals surface area contributed by atoms with Crippen molar-refractivity contribution in [2.75, 3.05) is 14.2 Å². The largest absolute Gasteiger partial charge is 0.336 e. The zero-order valence-corrected chi connectivity index (χ0v) is 11.7. The first-order chi connectivity index (χ1) is 7.11. The average Bonchev–Trinajstić information content (AvgIpc) is 2.30. The molecular weight excluding hydrogens is 208 g/mol. The summed E-state index contributed by atoms with van der Waals surface area (Å²) in [5.74, 6) is 0. The predicted octanol–water partition coefficient (Wildman–Crippen LogP) is 1.03. The monoisotopic (exact) mass is 226 g/mol. The van der Waals surface area contributed by atoms with Crippen LogP contribution in [0.3, 0.4) is 0 Å². The molecule has 0 bridgehead atoms. The lowest BCUT2D eigenvalue weighted by Gasteiger charge is -2.30. The summed E-state index contributed by atoms with van der Waals surface area (Å²) in [6, 6.07) is 10.0. The van der Waals surface area contributed by atoms with Crippen molar-refractivity contribution in [1.82, 2.24) is 0 Å². The van der Waals surface area contributed by atoms with E-state index in [0.29, 0.717) is 10.2 Å². The van der Waals surface area contributed by atoms with Crippen LogP contribution in [0.4, 0.5) is 0 Å². The summed E-state index contributed by atoms with van der Waals surface area (Å²) in [7, 11) is 3.84. The van der Waals surface area contributed by atoms with Gasteiger partial charge in [-0.3, -0.25) is 0 Å². The fraction of sp³-hybridized carbons (Fsp3) is 0.455. The van der Waals surface area contributed by atoms with Crippen molar-refractivity contribution < 1.29 is 14.2 Å². The number of ether oxygens (including phenoxy) is 3. The van der Waals surface area contributed by atoms with Crippen LogP contribution < -0.4 is 0 Å². The van der Waals surface area contributed by atoms with Crippen LogP contribution in [0.5, 0.6) is 0 Å². The lowest BCUT2D eigenvalue weighted by Crippen LogP contribution is -2.38. The molecule has 0 saturated heterocycles. The molecule has 0 saturated carbocycles. The van der Waals surface area contributed by atoms with Crippen molar-refractivity contribution in [1.29, 1.82) is 0 Å². The summed E-state index contributed by atoms with van der Waals surface area (Å²) in [6.45, 7) is 1.99. The molecule has 0 radical (unpaired) electrons. The van der Waals surface area contributed by atoms with Gasteiger partial charge < -0.3 is 14.2 Å². The molecule has 0 aliphatic heterocycles. The first-order valence-corrected chi connectivity index (χ1v) is 5.94. The second-order valence-electron chi connectivity index (χ2n) is 3.44. The minimum absolute atomic E-state index is 0.0383. The molecule has 15 heavy (non-hydrogen) atoms. The molecule has 0 N–H and O–H groups in total. The summed E-state index contributed by atoms with van der Waals surface area (Å²) in [6.07, 6.45) is -0.0383. The fourth-order valence-electron chi connectivity index (χ4n) is 1.29. The third kappa shape index (κ3) is 3.42. The van der Waals surface area contributed by atoms with E-state index in [4.69, 9.17) is 14.2 Å². The number of rotatable bonds is 5. The Morgan fingerprint density at radius 3 is 2.13 bits per heavy atom.